The van der Waals surface area contributed by atoms with Crippen LogP contribution in [0.5, 0.6) is 0 Å². The largest absolute Gasteiger partial charge is 0.232 e. The van der Waals surface area contributed by atoms with Crippen LogP contribution in [0.25, 0.3) is 0 Å². The standard InChI is InChI=1S/C12H14S/c1-12(7-8-13-10-12)9-11-5-3-2-4-6-11/h2-8H,9-10H2,1H3/q+1/t12-/m0/s1. The molecule has 0 amide bonds. The minimum Gasteiger partial charge on any atom is -0.0622 e. The highest BCUT2D eigenvalue weighted by molar-refractivity contribution is 7.81. The Labute approximate surface area is 84.0 Å². The van der Waals surface area contributed by atoms with E-state index in [-0.39, 0.29) is 0 Å². The Kier molecular flexibility index (Phi) is 2.45. The van der Waals surface area contributed by atoms with Crippen LogP contribution >= 0.6 is 0 Å². The molecule has 0 nitrogen and oxygen atoms in total. The maximum Gasteiger partial charge on any atom is 0.232 e. The van der Waals surface area contributed by atoms with Crippen molar-refractivity contribution in [1.82, 2.24) is 0 Å². The third-order valence-electron chi connectivity index (χ3n) is 2.43. The Morgan fingerprint density at radius 2 is 2.08 bits per heavy atom. The first-order valence-electron chi connectivity index (χ1n) is 4.62. The zero-order chi connectivity index (χ0) is 9.15. The average Bonchev–Trinajstić information content (AvgIpc) is 2.54. The number of allylic oxidation sites excluding steroid dienone is 1. The molecule has 0 fully saturated rings. The lowest BCUT2D eigenvalue weighted by Gasteiger charge is -2.16. The highest BCUT2D eigenvalue weighted by atomic mass is 32.2. The van der Waals surface area contributed by atoms with Gasteiger partial charge in [0.2, 0.25) is 11.8 Å². The van der Waals surface area contributed by atoms with E-state index in [0.29, 0.717) is 5.41 Å². The van der Waals surface area contributed by atoms with Gasteiger partial charge in [0.25, 0.3) is 0 Å². The second-order valence-electron chi connectivity index (χ2n) is 3.93. The highest BCUT2D eigenvalue weighted by Crippen LogP contribution is 2.29. The fourth-order valence-corrected chi connectivity index (χ4v) is 2.77. The summed E-state index contributed by atoms with van der Waals surface area (Å²) in [6.45, 7) is 2.33. The Morgan fingerprint density at radius 3 is 2.69 bits per heavy atom. The average molecular weight is 190 g/mol. The molecule has 13 heavy (non-hydrogen) atoms. The van der Waals surface area contributed by atoms with Crippen molar-refractivity contribution in [3.63, 3.8) is 0 Å². The van der Waals surface area contributed by atoms with Crippen LogP contribution in [0.2, 0.25) is 0 Å². The van der Waals surface area contributed by atoms with Crippen molar-refractivity contribution >= 4 is 11.8 Å². The summed E-state index contributed by atoms with van der Waals surface area (Å²) in [5.74, 6) is 1.22. The van der Waals surface area contributed by atoms with Gasteiger partial charge in [-0.15, -0.1) is 0 Å². The van der Waals surface area contributed by atoms with E-state index in [4.69, 9.17) is 0 Å². The SMILES string of the molecule is C[C@@]1(Cc2ccccc2)C=C[S+]C1. The van der Waals surface area contributed by atoms with E-state index in [1.165, 1.54) is 11.3 Å². The van der Waals surface area contributed by atoms with Gasteiger partial charge in [-0.05, 0) is 18.1 Å². The van der Waals surface area contributed by atoms with Crippen molar-refractivity contribution in [3.8, 4) is 0 Å². The van der Waals surface area contributed by atoms with Crippen molar-refractivity contribution in [1.29, 1.82) is 0 Å². The third-order valence-corrected chi connectivity index (χ3v) is 3.59. The summed E-state index contributed by atoms with van der Waals surface area (Å²) < 4.78 is 0. The van der Waals surface area contributed by atoms with Gasteiger partial charge in [-0.25, -0.2) is 0 Å². The van der Waals surface area contributed by atoms with Crippen molar-refractivity contribution < 1.29 is 0 Å². The Bertz CT molecular complexity index is 302. The normalized spacial score (nSPS) is 26.5. The zero-order valence-corrected chi connectivity index (χ0v) is 8.68. The van der Waals surface area contributed by atoms with Gasteiger partial charge in [-0.2, -0.15) is 0 Å². The van der Waals surface area contributed by atoms with Crippen molar-refractivity contribution in [2.45, 2.75) is 13.3 Å². The van der Waals surface area contributed by atoms with E-state index in [0.717, 1.165) is 6.42 Å². The van der Waals surface area contributed by atoms with Gasteiger partial charge in [0.15, 0.2) is 11.2 Å². The number of rotatable bonds is 2. The van der Waals surface area contributed by atoms with Crippen LogP contribution < -0.4 is 0 Å². The second-order valence-corrected chi connectivity index (χ2v) is 4.82. The van der Waals surface area contributed by atoms with Gasteiger partial charge in [0.05, 0.1) is 0 Å². The second kappa shape index (κ2) is 3.59. The molecule has 0 aliphatic carbocycles. The zero-order valence-electron chi connectivity index (χ0n) is 7.86. The minimum absolute atomic E-state index is 0.381. The summed E-state index contributed by atoms with van der Waals surface area (Å²) in [6, 6.07) is 10.7. The fourth-order valence-electron chi connectivity index (χ4n) is 1.67. The molecule has 1 heteroatoms. The molecule has 1 aromatic carbocycles. The minimum atomic E-state index is 0.381. The summed E-state index contributed by atoms with van der Waals surface area (Å²) in [5, 5.41) is 2.23. The summed E-state index contributed by atoms with van der Waals surface area (Å²) in [4.78, 5) is 0. The highest BCUT2D eigenvalue weighted by Gasteiger charge is 2.33. The molecule has 2 rings (SSSR count). The quantitative estimate of drug-likeness (QED) is 0.646. The molecule has 0 saturated carbocycles. The summed E-state index contributed by atoms with van der Waals surface area (Å²) in [5.41, 5.74) is 1.82. The number of hydrogen-bond donors (Lipinski definition) is 0. The van der Waals surface area contributed by atoms with Crippen LogP contribution in [0.1, 0.15) is 12.5 Å². The van der Waals surface area contributed by atoms with E-state index in [1.807, 2.05) is 11.8 Å². The maximum absolute atomic E-state index is 2.34. The lowest BCUT2D eigenvalue weighted by atomic mass is 9.86. The lowest BCUT2D eigenvalue weighted by molar-refractivity contribution is 0.495. The molecule has 1 aromatic rings. The molecule has 1 radical (unpaired) electrons. The maximum atomic E-state index is 2.34. The molecule has 1 aliphatic rings. The molecule has 1 heterocycles. The van der Waals surface area contributed by atoms with Gasteiger partial charge >= 0.3 is 0 Å². The topological polar surface area (TPSA) is 0 Å². The Balaban J connectivity index is 2.10. The smallest absolute Gasteiger partial charge is 0.0622 e. The van der Waals surface area contributed by atoms with E-state index < -0.39 is 0 Å². The van der Waals surface area contributed by atoms with Crippen LogP contribution in [0, 0.1) is 5.41 Å². The number of hydrogen-bond acceptors (Lipinski definition) is 1. The fraction of sp³-hybridized carbons (Fsp3) is 0.333. The first-order chi connectivity index (χ1) is 6.29. The van der Waals surface area contributed by atoms with Gasteiger partial charge in [0.1, 0.15) is 0 Å². The van der Waals surface area contributed by atoms with Gasteiger partial charge in [0, 0.05) is 5.41 Å². The van der Waals surface area contributed by atoms with Crippen LogP contribution in [-0.2, 0) is 18.2 Å². The molecule has 0 unspecified atom stereocenters. The summed E-state index contributed by atoms with van der Waals surface area (Å²) in [7, 11) is 0. The third kappa shape index (κ3) is 2.16. The van der Waals surface area contributed by atoms with Gasteiger partial charge in [-0.3, -0.25) is 0 Å². The first kappa shape index (κ1) is 8.89. The predicted octanol–water partition coefficient (Wildman–Crippen LogP) is 2.85. The number of benzene rings is 1. The monoisotopic (exact) mass is 190 g/mol. The molecule has 0 bridgehead atoms. The van der Waals surface area contributed by atoms with E-state index >= 15 is 0 Å². The Hall–Kier alpha value is -0.690. The van der Waals surface area contributed by atoms with Crippen molar-refractivity contribution in [2.75, 3.05) is 5.75 Å². The molecule has 0 N–H and O–H groups in total. The molecule has 1 atom stereocenters. The lowest BCUT2D eigenvalue weighted by Crippen LogP contribution is -2.18. The van der Waals surface area contributed by atoms with Gasteiger partial charge in [-0.1, -0.05) is 37.3 Å². The molecule has 0 aromatic heterocycles. The van der Waals surface area contributed by atoms with E-state index in [9.17, 15) is 0 Å². The van der Waals surface area contributed by atoms with Crippen LogP contribution in [0.15, 0.2) is 41.8 Å². The van der Waals surface area contributed by atoms with Gasteiger partial charge < -0.3 is 0 Å². The van der Waals surface area contributed by atoms with Crippen LogP contribution in [0.4, 0.5) is 0 Å². The van der Waals surface area contributed by atoms with Crippen molar-refractivity contribution in [3.05, 3.63) is 47.4 Å². The molecule has 1 aliphatic heterocycles. The molecule has 67 valence electrons. The van der Waals surface area contributed by atoms with E-state index in [1.54, 1.807) is 0 Å². The molecular weight excluding hydrogens is 176 g/mol. The Morgan fingerprint density at radius 1 is 1.31 bits per heavy atom. The van der Waals surface area contributed by atoms with Crippen LogP contribution in [-0.4, -0.2) is 5.75 Å². The summed E-state index contributed by atoms with van der Waals surface area (Å²) >= 11 is 1.92. The van der Waals surface area contributed by atoms with Crippen LogP contribution in [0.3, 0.4) is 0 Å². The summed E-state index contributed by atoms with van der Waals surface area (Å²) in [6.07, 6.45) is 3.50. The first-order valence-corrected chi connectivity index (χ1v) is 5.67. The predicted molar refractivity (Wildman–Crippen MR) is 59.6 cm³/mol. The molecular formula is C12H14S+. The number of thioether (sulfide) groups is 1. The molecule has 0 spiro atoms. The van der Waals surface area contributed by atoms with Crippen molar-refractivity contribution in [2.24, 2.45) is 5.41 Å². The van der Waals surface area contributed by atoms with E-state index in [2.05, 4.69) is 48.7 Å². The molecule has 0 saturated heterocycles.